The first-order chi connectivity index (χ1) is 26.8. The van der Waals surface area contributed by atoms with Crippen molar-refractivity contribution in [3.63, 3.8) is 0 Å². The van der Waals surface area contributed by atoms with Crippen molar-refractivity contribution in [1.29, 1.82) is 0 Å². The van der Waals surface area contributed by atoms with E-state index in [0.717, 1.165) is 23.6 Å². The first-order valence-corrected chi connectivity index (χ1v) is 17.7. The van der Waals surface area contributed by atoms with Gasteiger partial charge in [0.1, 0.15) is 18.8 Å². The average Bonchev–Trinajstić information content (AvgIpc) is 3.20. The van der Waals surface area contributed by atoms with Crippen LogP contribution in [0.5, 0.6) is 0 Å². The molecule has 5 rings (SSSR count). The summed E-state index contributed by atoms with van der Waals surface area (Å²) in [5.74, 6) is -0.750. The summed E-state index contributed by atoms with van der Waals surface area (Å²) in [7, 11) is 0. The Morgan fingerprint density at radius 3 is 1.93 bits per heavy atom. The second-order valence-electron chi connectivity index (χ2n) is 13.1. The van der Waals surface area contributed by atoms with E-state index >= 15 is 0 Å². The molecule has 9 atom stereocenters. The summed E-state index contributed by atoms with van der Waals surface area (Å²) < 4.78 is 30.3. The molecule has 18 heteroatoms. The van der Waals surface area contributed by atoms with E-state index in [0.29, 0.717) is 6.42 Å². The van der Waals surface area contributed by atoms with Crippen molar-refractivity contribution in [2.45, 2.75) is 101 Å². The monoisotopic (exact) mass is 754 g/mol. The minimum absolute atomic E-state index is 0.00150. The lowest BCUT2D eigenvalue weighted by atomic mass is 9.84. The lowest BCUT2D eigenvalue weighted by molar-refractivity contribution is -0.263. The summed E-state index contributed by atoms with van der Waals surface area (Å²) in [6, 6.07) is 24.3. The van der Waals surface area contributed by atoms with Crippen LogP contribution in [0.4, 0.5) is 4.79 Å². The van der Waals surface area contributed by atoms with Gasteiger partial charge in [-0.1, -0.05) is 106 Å². The fourth-order valence-corrected chi connectivity index (χ4v) is 6.74. The molecule has 2 fully saturated rings. The number of benzene rings is 3. The first kappa shape index (κ1) is 40.4. The van der Waals surface area contributed by atoms with Gasteiger partial charge in [0.25, 0.3) is 0 Å². The number of ether oxygens (including phenoxy) is 5. The van der Waals surface area contributed by atoms with Gasteiger partial charge < -0.3 is 28.8 Å². The standard InChI is InChI=1S/C37H42N10O8/c1-24(48)53-34-29(42-45-39)19-30(43-46-40)35(33(34)49)55-36-28(41-44-38)17-18-32(54-36)31(23-51-21-26-13-7-3-8-14-26)47(20-25-11-5-2-6-12-25)37(50)52-22-27-15-9-4-10-16-27/h2-16,28-36,49H,17-23H2,1H3/t28-,29-,30+,31-,32+,33-,34+,35-,36-/m1/s1. The molecule has 1 aliphatic carbocycles. The zero-order valence-electron chi connectivity index (χ0n) is 30.1. The van der Waals surface area contributed by atoms with Gasteiger partial charge in [-0.15, -0.1) is 0 Å². The van der Waals surface area contributed by atoms with Gasteiger partial charge in [-0.2, -0.15) is 0 Å². The Bertz CT molecular complexity index is 1840. The van der Waals surface area contributed by atoms with Gasteiger partial charge in [0, 0.05) is 28.2 Å². The van der Waals surface area contributed by atoms with Crippen LogP contribution < -0.4 is 0 Å². The smallest absolute Gasteiger partial charge is 0.410 e. The molecule has 1 saturated heterocycles. The summed E-state index contributed by atoms with van der Waals surface area (Å²) in [5, 5.41) is 22.8. The maximum atomic E-state index is 14.1. The maximum absolute atomic E-state index is 14.1. The minimum atomic E-state index is -1.65. The molecule has 1 aliphatic heterocycles. The molecule has 18 nitrogen and oxygen atoms in total. The van der Waals surface area contributed by atoms with Crippen LogP contribution in [0.15, 0.2) is 106 Å². The van der Waals surface area contributed by atoms with Crippen molar-refractivity contribution >= 4 is 12.1 Å². The van der Waals surface area contributed by atoms with Gasteiger partial charge in [0.05, 0.1) is 49.6 Å². The van der Waals surface area contributed by atoms with Gasteiger partial charge >= 0.3 is 12.1 Å². The molecule has 2 aliphatic rings. The summed E-state index contributed by atoms with van der Waals surface area (Å²) in [6.07, 6.45) is -6.71. The van der Waals surface area contributed by atoms with E-state index in [1.165, 1.54) is 0 Å². The molecule has 1 amide bonds. The third-order valence-electron chi connectivity index (χ3n) is 9.34. The Morgan fingerprint density at radius 1 is 0.800 bits per heavy atom. The van der Waals surface area contributed by atoms with Gasteiger partial charge in [-0.25, -0.2) is 4.79 Å². The molecule has 1 saturated carbocycles. The zero-order chi connectivity index (χ0) is 39.0. The zero-order valence-corrected chi connectivity index (χ0v) is 30.1. The van der Waals surface area contributed by atoms with Crippen molar-refractivity contribution in [1.82, 2.24) is 4.90 Å². The minimum Gasteiger partial charge on any atom is -0.459 e. The Morgan fingerprint density at radius 2 is 1.35 bits per heavy atom. The van der Waals surface area contributed by atoms with Crippen LogP contribution in [-0.2, 0) is 48.2 Å². The first-order valence-electron chi connectivity index (χ1n) is 17.7. The molecule has 0 aromatic heterocycles. The number of aliphatic hydroxyl groups is 1. The largest absolute Gasteiger partial charge is 0.459 e. The number of carbonyl (C=O) groups is 2. The second-order valence-corrected chi connectivity index (χ2v) is 13.1. The van der Waals surface area contributed by atoms with E-state index in [9.17, 15) is 25.8 Å². The Kier molecular flexibility index (Phi) is 15.1. The third kappa shape index (κ3) is 11.3. The summed E-state index contributed by atoms with van der Waals surface area (Å²) in [4.78, 5) is 36.3. The highest BCUT2D eigenvalue weighted by Crippen LogP contribution is 2.35. The van der Waals surface area contributed by atoms with Crippen molar-refractivity contribution in [2.24, 2.45) is 15.3 Å². The molecule has 0 radical (unpaired) electrons. The molecule has 0 bridgehead atoms. The lowest BCUT2D eigenvalue weighted by Gasteiger charge is -2.45. The van der Waals surface area contributed by atoms with Crippen molar-refractivity contribution in [3.8, 4) is 0 Å². The van der Waals surface area contributed by atoms with E-state index in [1.807, 2.05) is 91.0 Å². The predicted molar refractivity (Wildman–Crippen MR) is 196 cm³/mol. The fraction of sp³-hybridized carbons (Fsp3) is 0.459. The Balaban J connectivity index is 1.47. The van der Waals surface area contributed by atoms with Gasteiger partial charge in [-0.05, 0) is 52.5 Å². The van der Waals surface area contributed by atoms with E-state index in [4.69, 9.17) is 29.2 Å². The number of esters is 1. The quantitative estimate of drug-likeness (QED) is 0.0685. The SMILES string of the molecule is CC(=O)O[C@@H]1[C@@H](O)[C@H](O[C@H]2O[C@H]([C@@H](COCc3ccccc3)N(Cc3ccccc3)C(=O)OCc3ccccc3)CC[C@H]2N=[N+]=[N-])[C@@H](N=[N+]=[N-])C[C@H]1N=[N+]=[N-]. The van der Waals surface area contributed by atoms with Crippen molar-refractivity contribution in [3.05, 3.63) is 139 Å². The van der Waals surface area contributed by atoms with Crippen LogP contribution in [-0.4, -0.2) is 83.5 Å². The molecule has 3 aromatic rings. The number of aliphatic hydroxyl groups excluding tert-OH is 1. The highest BCUT2D eigenvalue weighted by Gasteiger charge is 2.49. The molecule has 3 aromatic carbocycles. The molecule has 1 N–H and O–H groups in total. The number of azide groups is 3. The maximum Gasteiger partial charge on any atom is 0.410 e. The summed E-state index contributed by atoms with van der Waals surface area (Å²) in [6.45, 7) is 1.51. The van der Waals surface area contributed by atoms with E-state index in [-0.39, 0.29) is 39.2 Å². The van der Waals surface area contributed by atoms with Crippen molar-refractivity contribution in [2.75, 3.05) is 6.61 Å². The number of hydrogen-bond acceptors (Lipinski definition) is 11. The Labute approximate surface area is 316 Å². The molecule has 0 spiro atoms. The molecular weight excluding hydrogens is 712 g/mol. The highest BCUT2D eigenvalue weighted by atomic mass is 16.7. The molecule has 0 unspecified atom stereocenters. The van der Waals surface area contributed by atoms with E-state index in [2.05, 4.69) is 30.1 Å². The topological polar surface area (TPSA) is 250 Å². The number of amides is 1. The van der Waals surface area contributed by atoms with E-state index < -0.39 is 66.9 Å². The second kappa shape index (κ2) is 20.6. The van der Waals surface area contributed by atoms with Crippen LogP contribution in [0.3, 0.4) is 0 Å². The summed E-state index contributed by atoms with van der Waals surface area (Å²) in [5.41, 5.74) is 30.6. The molecule has 55 heavy (non-hydrogen) atoms. The van der Waals surface area contributed by atoms with Crippen LogP contribution in [0.25, 0.3) is 31.3 Å². The van der Waals surface area contributed by atoms with E-state index in [1.54, 1.807) is 4.90 Å². The summed E-state index contributed by atoms with van der Waals surface area (Å²) >= 11 is 0. The lowest BCUT2D eigenvalue weighted by Crippen LogP contribution is -2.60. The predicted octanol–water partition coefficient (Wildman–Crippen LogP) is 7.03. The number of carbonyl (C=O) groups excluding carboxylic acids is 2. The van der Waals surface area contributed by atoms with Gasteiger partial charge in [0.15, 0.2) is 6.29 Å². The molecular formula is C37H42N10O8. The van der Waals surface area contributed by atoms with Crippen molar-refractivity contribution < 1.29 is 38.4 Å². The normalized spacial score (nSPS) is 25.1. The number of nitrogens with zero attached hydrogens (tertiary/aromatic N) is 10. The van der Waals surface area contributed by atoms with Crippen LogP contribution in [0.2, 0.25) is 0 Å². The molecule has 1 heterocycles. The molecule has 288 valence electrons. The van der Waals surface area contributed by atoms with Crippen LogP contribution >= 0.6 is 0 Å². The average molecular weight is 755 g/mol. The van der Waals surface area contributed by atoms with Gasteiger partial charge in [0.2, 0.25) is 0 Å². The Hall–Kier alpha value is -5.83. The van der Waals surface area contributed by atoms with Gasteiger partial charge in [-0.3, -0.25) is 9.69 Å². The number of rotatable bonds is 16. The fourth-order valence-electron chi connectivity index (χ4n) is 6.74. The van der Waals surface area contributed by atoms with Crippen LogP contribution in [0, 0.1) is 0 Å². The highest BCUT2D eigenvalue weighted by molar-refractivity contribution is 5.68. The third-order valence-corrected chi connectivity index (χ3v) is 9.34. The number of hydrogen-bond donors (Lipinski definition) is 1. The van der Waals surface area contributed by atoms with Crippen LogP contribution in [0.1, 0.15) is 42.9 Å².